The summed E-state index contributed by atoms with van der Waals surface area (Å²) >= 11 is 3.45. The maximum atomic E-state index is 13.4. The van der Waals surface area contributed by atoms with Gasteiger partial charge in [0.1, 0.15) is 6.04 Å². The van der Waals surface area contributed by atoms with Crippen molar-refractivity contribution in [3.8, 4) is 0 Å². The van der Waals surface area contributed by atoms with Crippen LogP contribution in [0.15, 0.2) is 76.1 Å². The molecule has 7 heteroatoms. The molecule has 3 aromatic rings. The van der Waals surface area contributed by atoms with Gasteiger partial charge in [0.2, 0.25) is 15.9 Å². The van der Waals surface area contributed by atoms with Crippen LogP contribution in [-0.4, -0.2) is 20.4 Å². The van der Waals surface area contributed by atoms with E-state index in [-0.39, 0.29) is 23.3 Å². The number of carbonyl (C=O) groups is 1. The molecule has 1 amide bonds. The van der Waals surface area contributed by atoms with Gasteiger partial charge >= 0.3 is 0 Å². The molecule has 0 aromatic heterocycles. The molecule has 0 spiro atoms. The smallest absolute Gasteiger partial charge is 0.241 e. The number of aryl methyl sites for hydroxylation is 3. The lowest BCUT2D eigenvalue weighted by Gasteiger charge is -2.23. The summed E-state index contributed by atoms with van der Waals surface area (Å²) in [4.78, 5) is 13.5. The molecule has 0 unspecified atom stereocenters. The van der Waals surface area contributed by atoms with Crippen LogP contribution in [0, 0.1) is 20.8 Å². The van der Waals surface area contributed by atoms with Gasteiger partial charge in [-0.05, 0) is 68.5 Å². The van der Waals surface area contributed by atoms with Gasteiger partial charge in [0.25, 0.3) is 0 Å². The quantitative estimate of drug-likeness (QED) is 0.424. The van der Waals surface area contributed by atoms with Crippen molar-refractivity contribution in [1.29, 1.82) is 0 Å². The van der Waals surface area contributed by atoms with E-state index >= 15 is 0 Å². The lowest BCUT2D eigenvalue weighted by atomic mass is 10.0. The summed E-state index contributed by atoms with van der Waals surface area (Å²) in [5.41, 5.74) is 4.09. The van der Waals surface area contributed by atoms with Gasteiger partial charge in [-0.15, -0.1) is 0 Å². The predicted molar refractivity (Wildman–Crippen MR) is 136 cm³/mol. The Bertz CT molecular complexity index is 1220. The van der Waals surface area contributed by atoms with Crippen molar-refractivity contribution in [2.24, 2.45) is 0 Å². The number of amides is 1. The van der Waals surface area contributed by atoms with Crippen molar-refractivity contribution in [1.82, 2.24) is 10.0 Å². The minimum atomic E-state index is -3.93. The fourth-order valence-corrected chi connectivity index (χ4v) is 6.11. The van der Waals surface area contributed by atoms with Crippen LogP contribution in [0.2, 0.25) is 0 Å². The number of hydrogen-bond acceptors (Lipinski definition) is 3. The highest BCUT2D eigenvalue weighted by atomic mass is 79.9. The molecule has 0 radical (unpaired) electrons. The number of benzene rings is 3. The third-order valence-corrected chi connectivity index (χ3v) is 7.75. The normalized spacial score (nSPS) is 13.4. The summed E-state index contributed by atoms with van der Waals surface area (Å²) < 4.78 is 30.4. The Morgan fingerprint density at radius 2 is 1.58 bits per heavy atom. The van der Waals surface area contributed by atoms with E-state index in [9.17, 15) is 13.2 Å². The second-order valence-corrected chi connectivity index (χ2v) is 10.9. The zero-order valence-corrected chi connectivity index (χ0v) is 21.6. The molecule has 0 heterocycles. The molecule has 33 heavy (non-hydrogen) atoms. The van der Waals surface area contributed by atoms with E-state index in [1.807, 2.05) is 80.6 Å². The molecule has 5 nitrogen and oxygen atoms in total. The molecule has 0 aliphatic heterocycles. The van der Waals surface area contributed by atoms with Crippen LogP contribution in [0.3, 0.4) is 0 Å². The maximum absolute atomic E-state index is 13.4. The molecular weight excluding hydrogens is 500 g/mol. The minimum Gasteiger partial charge on any atom is -0.348 e. The van der Waals surface area contributed by atoms with E-state index < -0.39 is 16.1 Å². The first-order valence-corrected chi connectivity index (χ1v) is 13.0. The standard InChI is InChI=1S/C26H29BrN2O3S/c1-17-13-18(2)25(19(3)14-17)33(31,32)29-24(15-21-9-6-5-7-10-21)26(30)28-20(4)22-11-8-12-23(27)16-22/h5-14,16,20,24,29H,15H2,1-4H3,(H,28,30)/t20-,24-/m0/s1. The van der Waals surface area contributed by atoms with E-state index in [4.69, 9.17) is 0 Å². The van der Waals surface area contributed by atoms with Gasteiger partial charge in [0.05, 0.1) is 10.9 Å². The van der Waals surface area contributed by atoms with E-state index in [0.29, 0.717) is 11.1 Å². The topological polar surface area (TPSA) is 75.3 Å². The van der Waals surface area contributed by atoms with Crippen LogP contribution in [0.4, 0.5) is 0 Å². The summed E-state index contributed by atoms with van der Waals surface area (Å²) in [5, 5.41) is 2.97. The van der Waals surface area contributed by atoms with Crippen LogP contribution in [0.1, 0.15) is 40.8 Å². The lowest BCUT2D eigenvalue weighted by molar-refractivity contribution is -0.123. The highest BCUT2D eigenvalue weighted by molar-refractivity contribution is 9.10. The molecule has 2 N–H and O–H groups in total. The summed E-state index contributed by atoms with van der Waals surface area (Å²) in [7, 11) is -3.93. The van der Waals surface area contributed by atoms with Crippen molar-refractivity contribution in [3.05, 3.63) is 99.0 Å². The minimum absolute atomic E-state index is 0.221. The van der Waals surface area contributed by atoms with Crippen LogP contribution >= 0.6 is 15.9 Å². The Morgan fingerprint density at radius 1 is 0.939 bits per heavy atom. The van der Waals surface area contributed by atoms with Gasteiger partial charge in [-0.25, -0.2) is 8.42 Å². The molecule has 3 aromatic carbocycles. The zero-order chi connectivity index (χ0) is 24.2. The van der Waals surface area contributed by atoms with E-state index in [1.165, 1.54) is 0 Å². The maximum Gasteiger partial charge on any atom is 0.241 e. The molecule has 0 bridgehead atoms. The molecule has 174 valence electrons. The Labute approximate surface area is 204 Å². The molecule has 0 saturated carbocycles. The first-order chi connectivity index (χ1) is 15.6. The first kappa shape index (κ1) is 25.1. The third-order valence-electron chi connectivity index (χ3n) is 5.48. The van der Waals surface area contributed by atoms with E-state index in [0.717, 1.165) is 21.2 Å². The van der Waals surface area contributed by atoms with Crippen molar-refractivity contribution in [3.63, 3.8) is 0 Å². The Balaban J connectivity index is 1.90. The summed E-state index contributed by atoms with van der Waals surface area (Å²) in [6.45, 7) is 7.35. The lowest BCUT2D eigenvalue weighted by Crippen LogP contribution is -2.48. The Hall–Kier alpha value is -2.48. The van der Waals surface area contributed by atoms with Crippen molar-refractivity contribution in [2.75, 3.05) is 0 Å². The average molecular weight is 530 g/mol. The van der Waals surface area contributed by atoms with Crippen LogP contribution in [0.25, 0.3) is 0 Å². The predicted octanol–water partition coefficient (Wildman–Crippen LogP) is 5.14. The van der Waals surface area contributed by atoms with Crippen LogP contribution < -0.4 is 10.0 Å². The second-order valence-electron chi connectivity index (χ2n) is 8.38. The van der Waals surface area contributed by atoms with Gasteiger partial charge in [0.15, 0.2) is 0 Å². The van der Waals surface area contributed by atoms with Crippen LogP contribution in [0.5, 0.6) is 0 Å². The molecule has 0 aliphatic carbocycles. The molecular formula is C26H29BrN2O3S. The highest BCUT2D eigenvalue weighted by Gasteiger charge is 2.29. The summed E-state index contributed by atoms with van der Waals surface area (Å²) in [6.07, 6.45) is 0.237. The Morgan fingerprint density at radius 3 is 2.18 bits per heavy atom. The number of halogens is 1. The third kappa shape index (κ3) is 6.53. The summed E-state index contributed by atoms with van der Waals surface area (Å²) in [5.74, 6) is -0.377. The number of sulfonamides is 1. The number of nitrogens with one attached hydrogen (secondary N) is 2. The number of hydrogen-bond donors (Lipinski definition) is 2. The largest absolute Gasteiger partial charge is 0.348 e. The molecule has 0 aliphatic rings. The van der Waals surface area contributed by atoms with E-state index in [2.05, 4.69) is 26.0 Å². The van der Waals surface area contributed by atoms with E-state index in [1.54, 1.807) is 13.8 Å². The molecule has 0 fully saturated rings. The fraction of sp³-hybridized carbons (Fsp3) is 0.269. The molecule has 0 saturated heterocycles. The number of carbonyl (C=O) groups excluding carboxylic acids is 1. The van der Waals surface area contributed by atoms with Crippen LogP contribution in [-0.2, 0) is 21.2 Å². The van der Waals surface area contributed by atoms with Crippen molar-refractivity contribution in [2.45, 2.75) is 51.1 Å². The molecule has 2 atom stereocenters. The highest BCUT2D eigenvalue weighted by Crippen LogP contribution is 2.23. The monoisotopic (exact) mass is 528 g/mol. The zero-order valence-electron chi connectivity index (χ0n) is 19.2. The fourth-order valence-electron chi connectivity index (χ4n) is 4.05. The van der Waals surface area contributed by atoms with Gasteiger partial charge in [-0.2, -0.15) is 4.72 Å². The summed E-state index contributed by atoms with van der Waals surface area (Å²) in [6, 6.07) is 19.5. The first-order valence-electron chi connectivity index (χ1n) is 10.8. The van der Waals surface area contributed by atoms with Gasteiger partial charge in [-0.3, -0.25) is 4.79 Å². The SMILES string of the molecule is Cc1cc(C)c(S(=O)(=O)N[C@@H](Cc2ccccc2)C(=O)N[C@@H](C)c2cccc(Br)c2)c(C)c1. The van der Waals surface area contributed by atoms with Crippen molar-refractivity contribution < 1.29 is 13.2 Å². The second kappa shape index (κ2) is 10.6. The number of rotatable bonds is 8. The average Bonchev–Trinajstić information content (AvgIpc) is 2.72. The molecule has 3 rings (SSSR count). The Kier molecular flexibility index (Phi) is 8.10. The van der Waals surface area contributed by atoms with Crippen molar-refractivity contribution >= 4 is 31.9 Å². The van der Waals surface area contributed by atoms with Gasteiger partial charge < -0.3 is 5.32 Å². The van der Waals surface area contributed by atoms with Gasteiger partial charge in [0, 0.05) is 4.47 Å². The van der Waals surface area contributed by atoms with Gasteiger partial charge in [-0.1, -0.05) is 76.1 Å².